The van der Waals surface area contributed by atoms with E-state index in [-0.39, 0.29) is 5.54 Å². The second kappa shape index (κ2) is 4.96. The number of nitrogens with two attached hydrogens (primary N) is 1. The summed E-state index contributed by atoms with van der Waals surface area (Å²) in [5, 5.41) is 3.73. The first-order valence-electron chi connectivity index (χ1n) is 5.65. The lowest BCUT2D eigenvalue weighted by atomic mass is 9.99. The molecular formula is C13H19ClN2O. The highest BCUT2D eigenvalue weighted by Gasteiger charge is 2.20. The first-order valence-corrected chi connectivity index (χ1v) is 6.03. The van der Waals surface area contributed by atoms with Crippen molar-refractivity contribution >= 4 is 23.2 Å². The maximum Gasteiger partial charge on any atom is 0.252 e. The van der Waals surface area contributed by atoms with E-state index in [0.29, 0.717) is 16.3 Å². The van der Waals surface area contributed by atoms with Crippen LogP contribution in [-0.4, -0.2) is 11.4 Å². The van der Waals surface area contributed by atoms with Gasteiger partial charge < -0.3 is 11.1 Å². The van der Waals surface area contributed by atoms with Gasteiger partial charge in [-0.3, -0.25) is 4.79 Å². The minimum absolute atomic E-state index is 0.108. The summed E-state index contributed by atoms with van der Waals surface area (Å²) < 4.78 is 0. The minimum atomic E-state index is -0.506. The molecule has 0 saturated heterocycles. The van der Waals surface area contributed by atoms with Gasteiger partial charge in [0.15, 0.2) is 0 Å². The van der Waals surface area contributed by atoms with Crippen LogP contribution in [0.3, 0.4) is 0 Å². The van der Waals surface area contributed by atoms with Crippen LogP contribution >= 0.6 is 11.6 Å². The van der Waals surface area contributed by atoms with Crippen molar-refractivity contribution in [2.75, 3.05) is 5.32 Å². The van der Waals surface area contributed by atoms with Gasteiger partial charge in [-0.2, -0.15) is 0 Å². The number of hydrogen-bond donors (Lipinski definition) is 2. The second-order valence-electron chi connectivity index (χ2n) is 4.85. The largest absolute Gasteiger partial charge is 0.379 e. The van der Waals surface area contributed by atoms with E-state index in [1.807, 2.05) is 19.1 Å². The molecule has 0 fully saturated rings. The van der Waals surface area contributed by atoms with Gasteiger partial charge in [0.25, 0.3) is 5.91 Å². The number of carbonyl (C=O) groups excluding carboxylic acids is 1. The Morgan fingerprint density at radius 2 is 2.06 bits per heavy atom. The number of halogens is 1. The molecule has 1 aromatic carbocycles. The van der Waals surface area contributed by atoms with Crippen molar-refractivity contribution in [1.82, 2.24) is 0 Å². The Bertz CT molecular complexity index is 441. The van der Waals surface area contributed by atoms with Crippen molar-refractivity contribution in [2.45, 2.75) is 39.7 Å². The van der Waals surface area contributed by atoms with Crippen LogP contribution in [0.1, 0.15) is 43.1 Å². The van der Waals surface area contributed by atoms with Crippen molar-refractivity contribution in [1.29, 1.82) is 0 Å². The molecule has 1 aromatic rings. The van der Waals surface area contributed by atoms with Gasteiger partial charge in [0.05, 0.1) is 10.6 Å². The second-order valence-corrected chi connectivity index (χ2v) is 5.22. The highest BCUT2D eigenvalue weighted by molar-refractivity contribution is 6.35. The van der Waals surface area contributed by atoms with Crippen molar-refractivity contribution in [3.8, 4) is 0 Å². The lowest BCUT2D eigenvalue weighted by Crippen LogP contribution is -2.31. The molecule has 0 spiro atoms. The SMILES string of the molecule is CCC(C)(C)Nc1ccc(C)c(Cl)c1C(N)=O. The first kappa shape index (κ1) is 13.8. The zero-order chi connectivity index (χ0) is 13.2. The number of benzene rings is 1. The van der Waals surface area contributed by atoms with Gasteiger partial charge in [0.2, 0.25) is 0 Å². The average Bonchev–Trinajstić information content (AvgIpc) is 2.23. The standard InChI is InChI=1S/C13H19ClN2O/c1-5-13(3,4)16-9-7-6-8(2)11(14)10(9)12(15)17/h6-7,16H,5H2,1-4H3,(H2,15,17). The van der Waals surface area contributed by atoms with E-state index in [0.717, 1.165) is 12.0 Å². The number of primary amides is 1. The molecule has 0 heterocycles. The predicted molar refractivity (Wildman–Crippen MR) is 72.7 cm³/mol. The molecule has 1 rings (SSSR count). The van der Waals surface area contributed by atoms with Gasteiger partial charge in [-0.15, -0.1) is 0 Å². The Hall–Kier alpha value is -1.22. The molecule has 94 valence electrons. The van der Waals surface area contributed by atoms with Crippen LogP contribution in [-0.2, 0) is 0 Å². The molecule has 0 aliphatic rings. The molecular weight excluding hydrogens is 236 g/mol. The summed E-state index contributed by atoms with van der Waals surface area (Å²) in [6, 6.07) is 3.72. The van der Waals surface area contributed by atoms with Crippen LogP contribution in [0, 0.1) is 6.92 Å². The predicted octanol–water partition coefficient (Wildman–Crippen LogP) is 3.35. The number of carbonyl (C=O) groups is 1. The van der Waals surface area contributed by atoms with Crippen molar-refractivity contribution in [3.63, 3.8) is 0 Å². The lowest BCUT2D eigenvalue weighted by molar-refractivity contribution is 0.100. The number of anilines is 1. The molecule has 0 saturated carbocycles. The molecule has 3 nitrogen and oxygen atoms in total. The Kier molecular flexibility index (Phi) is 4.04. The van der Waals surface area contributed by atoms with Crippen LogP contribution in [0.2, 0.25) is 5.02 Å². The maximum absolute atomic E-state index is 11.5. The van der Waals surface area contributed by atoms with Crippen molar-refractivity contribution < 1.29 is 4.79 Å². The molecule has 1 amide bonds. The van der Waals surface area contributed by atoms with Crippen LogP contribution < -0.4 is 11.1 Å². The third-order valence-corrected chi connectivity index (χ3v) is 3.43. The zero-order valence-electron chi connectivity index (χ0n) is 10.7. The highest BCUT2D eigenvalue weighted by Crippen LogP contribution is 2.30. The topological polar surface area (TPSA) is 55.1 Å². The Morgan fingerprint density at radius 3 is 2.53 bits per heavy atom. The summed E-state index contributed by atoms with van der Waals surface area (Å²) in [6.45, 7) is 8.05. The highest BCUT2D eigenvalue weighted by atomic mass is 35.5. The van der Waals surface area contributed by atoms with E-state index in [4.69, 9.17) is 17.3 Å². The lowest BCUT2D eigenvalue weighted by Gasteiger charge is -2.27. The molecule has 4 heteroatoms. The molecule has 17 heavy (non-hydrogen) atoms. The summed E-state index contributed by atoms with van der Waals surface area (Å²) in [5.41, 5.74) is 7.18. The number of amides is 1. The quantitative estimate of drug-likeness (QED) is 0.866. The fourth-order valence-corrected chi connectivity index (χ4v) is 1.74. The Balaban J connectivity index is 3.25. The molecule has 0 radical (unpaired) electrons. The summed E-state index contributed by atoms with van der Waals surface area (Å²) in [7, 11) is 0. The van der Waals surface area contributed by atoms with Crippen molar-refractivity contribution in [3.05, 3.63) is 28.3 Å². The number of nitrogens with one attached hydrogen (secondary N) is 1. The van der Waals surface area contributed by atoms with Crippen molar-refractivity contribution in [2.24, 2.45) is 5.73 Å². The van der Waals surface area contributed by atoms with E-state index >= 15 is 0 Å². The minimum Gasteiger partial charge on any atom is -0.379 e. The van der Waals surface area contributed by atoms with Gasteiger partial charge in [0.1, 0.15) is 0 Å². The smallest absolute Gasteiger partial charge is 0.252 e. The molecule has 0 bridgehead atoms. The van der Waals surface area contributed by atoms with E-state index in [1.54, 1.807) is 0 Å². The van der Waals surface area contributed by atoms with E-state index in [9.17, 15) is 4.79 Å². The summed E-state index contributed by atoms with van der Waals surface area (Å²) in [4.78, 5) is 11.5. The van der Waals surface area contributed by atoms with Gasteiger partial charge in [0, 0.05) is 11.2 Å². The molecule has 0 unspecified atom stereocenters. The van der Waals surface area contributed by atoms with Crippen LogP contribution in [0.5, 0.6) is 0 Å². The van der Waals surface area contributed by atoms with E-state index in [2.05, 4.69) is 26.1 Å². The zero-order valence-corrected chi connectivity index (χ0v) is 11.5. The van der Waals surface area contributed by atoms with Crippen LogP contribution in [0.25, 0.3) is 0 Å². The van der Waals surface area contributed by atoms with Crippen LogP contribution in [0.4, 0.5) is 5.69 Å². The number of aryl methyl sites for hydroxylation is 1. The molecule has 0 aromatic heterocycles. The fraction of sp³-hybridized carbons (Fsp3) is 0.462. The van der Waals surface area contributed by atoms with Gasteiger partial charge in [-0.1, -0.05) is 24.6 Å². The third kappa shape index (κ3) is 3.13. The monoisotopic (exact) mass is 254 g/mol. The number of hydrogen-bond acceptors (Lipinski definition) is 2. The first-order chi connectivity index (χ1) is 7.78. The Morgan fingerprint density at radius 1 is 1.47 bits per heavy atom. The third-order valence-electron chi connectivity index (χ3n) is 2.94. The average molecular weight is 255 g/mol. The summed E-state index contributed by atoms with van der Waals surface area (Å²) in [6.07, 6.45) is 0.927. The molecule has 0 aliphatic carbocycles. The fourth-order valence-electron chi connectivity index (χ4n) is 1.48. The number of rotatable bonds is 4. The van der Waals surface area contributed by atoms with E-state index < -0.39 is 5.91 Å². The summed E-state index contributed by atoms with van der Waals surface area (Å²) >= 11 is 6.12. The molecule has 3 N–H and O–H groups in total. The van der Waals surface area contributed by atoms with Crippen LogP contribution in [0.15, 0.2) is 12.1 Å². The van der Waals surface area contributed by atoms with Gasteiger partial charge in [-0.05, 0) is 38.8 Å². The molecule has 0 atom stereocenters. The van der Waals surface area contributed by atoms with Gasteiger partial charge in [-0.25, -0.2) is 0 Å². The summed E-state index contributed by atoms with van der Waals surface area (Å²) in [5.74, 6) is -0.506. The van der Waals surface area contributed by atoms with Gasteiger partial charge >= 0.3 is 0 Å². The normalized spacial score (nSPS) is 11.4. The Labute approximate surface area is 107 Å². The van der Waals surface area contributed by atoms with E-state index in [1.165, 1.54) is 0 Å². The maximum atomic E-state index is 11.5. The molecule has 0 aliphatic heterocycles.